The van der Waals surface area contributed by atoms with Crippen LogP contribution in [0.2, 0.25) is 5.15 Å². The number of halogens is 1. The van der Waals surface area contributed by atoms with Gasteiger partial charge < -0.3 is 4.74 Å². The Kier molecular flexibility index (Phi) is 3.13. The monoisotopic (exact) mass is 203 g/mol. The molecule has 0 aliphatic carbocycles. The Bertz CT molecular complexity index is 311. The summed E-state index contributed by atoms with van der Waals surface area (Å²) in [5.74, 6) is 0. The number of hydrogen-bond acceptors (Lipinski definition) is 3. The van der Waals surface area contributed by atoms with Crippen LogP contribution in [-0.2, 0) is 11.8 Å². The van der Waals surface area contributed by atoms with Crippen LogP contribution in [-0.4, -0.2) is 22.5 Å². The normalized spacial score (nSPS) is 9.77. The van der Waals surface area contributed by atoms with Crippen molar-refractivity contribution < 1.29 is 9.53 Å². The zero-order valence-electron chi connectivity index (χ0n) is 7.37. The predicted octanol–water partition coefficient (Wildman–Crippen LogP) is 1.64. The van der Waals surface area contributed by atoms with Gasteiger partial charge in [0.15, 0.2) is 5.15 Å². The predicted molar refractivity (Wildman–Crippen MR) is 48.9 cm³/mol. The van der Waals surface area contributed by atoms with Crippen LogP contribution in [0.3, 0.4) is 0 Å². The fourth-order valence-electron chi connectivity index (χ4n) is 0.784. The van der Waals surface area contributed by atoms with E-state index in [0.29, 0.717) is 17.4 Å². The van der Waals surface area contributed by atoms with Gasteiger partial charge in [-0.2, -0.15) is 5.10 Å². The number of nitrogens with zero attached hydrogens (tertiary/aromatic N) is 2. The molecule has 0 aliphatic rings. The summed E-state index contributed by atoms with van der Waals surface area (Å²) in [4.78, 5) is 10.9. The summed E-state index contributed by atoms with van der Waals surface area (Å²) in [5, 5.41) is 6.67. The van der Waals surface area contributed by atoms with Crippen LogP contribution in [0.5, 0.6) is 0 Å². The first-order chi connectivity index (χ1) is 6.15. The van der Waals surface area contributed by atoms with E-state index in [2.05, 4.69) is 15.2 Å². The lowest BCUT2D eigenvalue weighted by Gasteiger charge is -2.02. The lowest BCUT2D eigenvalue weighted by Crippen LogP contribution is -2.13. The second-order valence-corrected chi connectivity index (χ2v) is 2.68. The van der Waals surface area contributed by atoms with Crippen LogP contribution in [0.25, 0.3) is 0 Å². The summed E-state index contributed by atoms with van der Waals surface area (Å²) >= 11 is 5.78. The summed E-state index contributed by atoms with van der Waals surface area (Å²) < 4.78 is 6.11. The van der Waals surface area contributed by atoms with Crippen molar-refractivity contribution in [2.24, 2.45) is 7.05 Å². The minimum Gasteiger partial charge on any atom is -0.450 e. The first-order valence-corrected chi connectivity index (χ1v) is 4.14. The Morgan fingerprint density at radius 1 is 1.85 bits per heavy atom. The van der Waals surface area contributed by atoms with E-state index in [4.69, 9.17) is 11.6 Å². The Morgan fingerprint density at radius 2 is 2.54 bits per heavy atom. The number of amides is 1. The first-order valence-electron chi connectivity index (χ1n) is 3.76. The Labute approximate surface area is 80.6 Å². The molecule has 1 aromatic heterocycles. The summed E-state index contributed by atoms with van der Waals surface area (Å²) in [6, 6.07) is 0. The number of carbonyl (C=O) groups excluding carboxylic acids is 1. The number of nitrogens with one attached hydrogen (secondary N) is 1. The van der Waals surface area contributed by atoms with Crippen molar-refractivity contribution in [2.45, 2.75) is 6.92 Å². The Hall–Kier alpha value is -1.23. The highest BCUT2D eigenvalue weighted by Crippen LogP contribution is 2.19. The quantitative estimate of drug-likeness (QED) is 0.795. The molecule has 0 radical (unpaired) electrons. The zero-order valence-corrected chi connectivity index (χ0v) is 8.13. The van der Waals surface area contributed by atoms with Crippen LogP contribution in [0.15, 0.2) is 6.20 Å². The minimum absolute atomic E-state index is 0.323. The third-order valence-electron chi connectivity index (χ3n) is 1.38. The molecule has 0 bridgehead atoms. The van der Waals surface area contributed by atoms with Gasteiger partial charge in [0.05, 0.1) is 12.8 Å². The van der Waals surface area contributed by atoms with Gasteiger partial charge in [0.25, 0.3) is 0 Å². The Morgan fingerprint density at radius 3 is 3.00 bits per heavy atom. The summed E-state index contributed by atoms with van der Waals surface area (Å²) in [6.07, 6.45) is 0.927. The van der Waals surface area contributed by atoms with E-state index in [9.17, 15) is 4.79 Å². The largest absolute Gasteiger partial charge is 0.450 e. The molecule has 0 aromatic carbocycles. The molecule has 1 amide bonds. The lowest BCUT2D eigenvalue weighted by atomic mass is 10.6. The van der Waals surface area contributed by atoms with Gasteiger partial charge in [0.2, 0.25) is 0 Å². The standard InChI is InChI=1S/C7H10ClN3O2/c1-3-13-7(12)10-5-4-9-11(2)6(5)8/h4H,3H2,1-2H3,(H,10,12). The molecule has 1 aromatic rings. The molecule has 6 heteroatoms. The van der Waals surface area contributed by atoms with Crippen LogP contribution in [0.4, 0.5) is 10.5 Å². The average Bonchev–Trinajstić information content (AvgIpc) is 2.37. The van der Waals surface area contributed by atoms with E-state index >= 15 is 0 Å². The third kappa shape index (κ3) is 2.35. The molecule has 1 rings (SSSR count). The lowest BCUT2D eigenvalue weighted by molar-refractivity contribution is 0.168. The fourth-order valence-corrected chi connectivity index (χ4v) is 0.923. The van der Waals surface area contributed by atoms with E-state index in [0.717, 1.165) is 0 Å². The van der Waals surface area contributed by atoms with Gasteiger partial charge in [0.1, 0.15) is 5.69 Å². The molecule has 1 heterocycles. The van der Waals surface area contributed by atoms with Crippen LogP contribution < -0.4 is 5.32 Å². The fraction of sp³-hybridized carbons (Fsp3) is 0.429. The molecule has 0 aliphatic heterocycles. The van der Waals surface area contributed by atoms with Gasteiger partial charge in [-0.25, -0.2) is 4.79 Å². The summed E-state index contributed by atoms with van der Waals surface area (Å²) in [6.45, 7) is 2.05. The molecular weight excluding hydrogens is 194 g/mol. The van der Waals surface area contributed by atoms with Crippen molar-refractivity contribution in [2.75, 3.05) is 11.9 Å². The van der Waals surface area contributed by atoms with Crippen LogP contribution in [0, 0.1) is 0 Å². The van der Waals surface area contributed by atoms with E-state index in [1.54, 1.807) is 14.0 Å². The van der Waals surface area contributed by atoms with Crippen LogP contribution >= 0.6 is 11.6 Å². The smallest absolute Gasteiger partial charge is 0.411 e. The summed E-state index contributed by atoms with van der Waals surface area (Å²) in [5.41, 5.74) is 0.447. The van der Waals surface area contributed by atoms with E-state index in [1.807, 2.05) is 0 Å². The van der Waals surface area contributed by atoms with Gasteiger partial charge in [-0.3, -0.25) is 10.00 Å². The van der Waals surface area contributed by atoms with Crippen molar-refractivity contribution in [3.05, 3.63) is 11.3 Å². The number of carbonyl (C=O) groups is 1. The molecular formula is C7H10ClN3O2. The molecule has 0 saturated heterocycles. The van der Waals surface area contributed by atoms with Gasteiger partial charge in [0, 0.05) is 7.05 Å². The second-order valence-electron chi connectivity index (χ2n) is 2.32. The molecule has 0 unspecified atom stereocenters. The van der Waals surface area contributed by atoms with Crippen molar-refractivity contribution in [1.82, 2.24) is 9.78 Å². The first kappa shape index (κ1) is 9.85. The van der Waals surface area contributed by atoms with Crippen molar-refractivity contribution in [1.29, 1.82) is 0 Å². The molecule has 13 heavy (non-hydrogen) atoms. The van der Waals surface area contributed by atoms with E-state index in [1.165, 1.54) is 10.9 Å². The minimum atomic E-state index is -0.530. The molecule has 0 atom stereocenters. The van der Waals surface area contributed by atoms with Gasteiger partial charge in [-0.1, -0.05) is 11.6 Å². The maximum atomic E-state index is 10.9. The molecule has 1 N–H and O–H groups in total. The average molecular weight is 204 g/mol. The maximum Gasteiger partial charge on any atom is 0.411 e. The van der Waals surface area contributed by atoms with E-state index < -0.39 is 6.09 Å². The maximum absolute atomic E-state index is 10.9. The number of hydrogen-bond donors (Lipinski definition) is 1. The van der Waals surface area contributed by atoms with Crippen LogP contribution in [0.1, 0.15) is 6.92 Å². The topological polar surface area (TPSA) is 56.1 Å². The molecule has 72 valence electrons. The number of rotatable bonds is 2. The van der Waals surface area contributed by atoms with Gasteiger partial charge >= 0.3 is 6.09 Å². The zero-order chi connectivity index (χ0) is 9.84. The molecule has 0 fully saturated rings. The molecule has 5 nitrogen and oxygen atoms in total. The highest BCUT2D eigenvalue weighted by molar-refractivity contribution is 6.32. The van der Waals surface area contributed by atoms with Crippen molar-refractivity contribution >= 4 is 23.4 Å². The summed E-state index contributed by atoms with van der Waals surface area (Å²) in [7, 11) is 1.68. The number of aryl methyl sites for hydroxylation is 1. The molecule has 0 saturated carbocycles. The van der Waals surface area contributed by atoms with Gasteiger partial charge in [-0.05, 0) is 6.92 Å². The van der Waals surface area contributed by atoms with Gasteiger partial charge in [-0.15, -0.1) is 0 Å². The van der Waals surface area contributed by atoms with Crippen molar-refractivity contribution in [3.63, 3.8) is 0 Å². The SMILES string of the molecule is CCOC(=O)Nc1cnn(C)c1Cl. The highest BCUT2D eigenvalue weighted by Gasteiger charge is 2.09. The van der Waals surface area contributed by atoms with E-state index in [-0.39, 0.29) is 0 Å². The van der Waals surface area contributed by atoms with Crippen molar-refractivity contribution in [3.8, 4) is 0 Å². The number of aromatic nitrogens is 2. The number of ether oxygens (including phenoxy) is 1. The Balaban J connectivity index is 2.64. The third-order valence-corrected chi connectivity index (χ3v) is 1.83. The number of anilines is 1. The second kappa shape index (κ2) is 4.13. The molecule has 0 spiro atoms. The highest BCUT2D eigenvalue weighted by atomic mass is 35.5.